The average Bonchev–Trinajstić information content (AvgIpc) is 2.76. The van der Waals surface area contributed by atoms with Crippen molar-refractivity contribution in [2.45, 2.75) is 32.3 Å². The molecule has 1 heterocycles. The van der Waals surface area contributed by atoms with E-state index < -0.39 is 0 Å². The van der Waals surface area contributed by atoms with Gasteiger partial charge in [-0.3, -0.25) is 0 Å². The molecule has 2 rings (SSSR count). The largest absolute Gasteiger partial charge is 0.494 e. The van der Waals surface area contributed by atoms with E-state index in [-0.39, 0.29) is 19.5 Å². The minimum atomic E-state index is -0.349. The Morgan fingerprint density at radius 3 is 2.94 bits per heavy atom. The fraction of sp³-hybridized carbons (Fsp3) is 0.538. The summed E-state index contributed by atoms with van der Waals surface area (Å²) < 4.78 is 24.1. The molecule has 1 aromatic rings. The molecule has 0 atom stereocenters. The van der Waals surface area contributed by atoms with Crippen LogP contribution in [0.15, 0.2) is 18.2 Å². The summed E-state index contributed by atoms with van der Waals surface area (Å²) >= 11 is 0. The Balaban J connectivity index is 1.73. The molecule has 0 radical (unpaired) electrons. The van der Waals surface area contributed by atoms with E-state index in [4.69, 9.17) is 14.4 Å². The molecule has 0 fully saturated rings. The van der Waals surface area contributed by atoms with Crippen LogP contribution in [0.4, 0.5) is 4.39 Å². The Labute approximate surface area is 107 Å². The van der Waals surface area contributed by atoms with Crippen molar-refractivity contribution >= 4 is 12.6 Å². The molecular weight excluding hydrogens is 234 g/mol. The highest BCUT2D eigenvalue weighted by Gasteiger charge is 2.30. The van der Waals surface area contributed by atoms with E-state index in [0.29, 0.717) is 13.2 Å². The number of unbranched alkanes of at least 4 members (excludes halogenated alkanes) is 3. The smallest absolute Gasteiger partial charge is 0.407 e. The second-order valence-corrected chi connectivity index (χ2v) is 4.49. The predicted octanol–water partition coefficient (Wildman–Crippen LogP) is 1.62. The standard InChI is InChI=1S/C13H18BFO3/c15-12-5-6-13-11(9-12)10-18-14(13)17-8-4-2-1-3-7-16/h5-6,9,16H,1-4,7-8,10H2. The summed E-state index contributed by atoms with van der Waals surface area (Å²) in [5.41, 5.74) is 1.81. The van der Waals surface area contributed by atoms with Gasteiger partial charge in [-0.25, -0.2) is 4.39 Å². The van der Waals surface area contributed by atoms with Crippen molar-refractivity contribution in [2.24, 2.45) is 0 Å². The molecule has 0 aromatic heterocycles. The zero-order valence-corrected chi connectivity index (χ0v) is 10.4. The van der Waals surface area contributed by atoms with Crippen molar-refractivity contribution in [3.8, 4) is 0 Å². The molecule has 0 saturated heterocycles. The number of hydrogen-bond donors (Lipinski definition) is 1. The van der Waals surface area contributed by atoms with Crippen molar-refractivity contribution < 1.29 is 18.8 Å². The Morgan fingerprint density at radius 1 is 1.28 bits per heavy atom. The molecular formula is C13H18BFO3. The molecule has 0 bridgehead atoms. The summed E-state index contributed by atoms with van der Waals surface area (Å²) in [4.78, 5) is 0. The maximum Gasteiger partial charge on any atom is 0.494 e. The van der Waals surface area contributed by atoms with Gasteiger partial charge in [-0.1, -0.05) is 18.9 Å². The first-order chi connectivity index (χ1) is 8.81. The van der Waals surface area contributed by atoms with E-state index in [0.717, 1.165) is 36.7 Å². The molecule has 0 saturated carbocycles. The number of benzene rings is 1. The summed E-state index contributed by atoms with van der Waals surface area (Å²) in [6, 6.07) is 4.67. The van der Waals surface area contributed by atoms with Crippen LogP contribution in [-0.4, -0.2) is 25.4 Å². The monoisotopic (exact) mass is 252 g/mol. The van der Waals surface area contributed by atoms with E-state index in [1.54, 1.807) is 6.07 Å². The number of aliphatic hydroxyl groups is 1. The van der Waals surface area contributed by atoms with Crippen LogP contribution in [-0.2, 0) is 15.9 Å². The van der Waals surface area contributed by atoms with E-state index in [9.17, 15) is 4.39 Å². The van der Waals surface area contributed by atoms with Gasteiger partial charge in [-0.2, -0.15) is 0 Å². The van der Waals surface area contributed by atoms with Crippen LogP contribution >= 0.6 is 0 Å². The Hall–Kier alpha value is -0.905. The van der Waals surface area contributed by atoms with Crippen LogP contribution < -0.4 is 5.46 Å². The van der Waals surface area contributed by atoms with Gasteiger partial charge in [0.2, 0.25) is 0 Å². The van der Waals surface area contributed by atoms with Gasteiger partial charge in [0.15, 0.2) is 0 Å². The second kappa shape index (κ2) is 6.88. The second-order valence-electron chi connectivity index (χ2n) is 4.49. The first kappa shape index (κ1) is 13.5. The third-order valence-corrected chi connectivity index (χ3v) is 3.07. The lowest BCUT2D eigenvalue weighted by Crippen LogP contribution is -2.32. The third kappa shape index (κ3) is 3.54. The zero-order chi connectivity index (χ0) is 12.8. The predicted molar refractivity (Wildman–Crippen MR) is 68.1 cm³/mol. The lowest BCUT2D eigenvalue weighted by Gasteiger charge is -2.08. The van der Waals surface area contributed by atoms with Crippen LogP contribution in [0, 0.1) is 5.82 Å². The lowest BCUT2D eigenvalue weighted by molar-refractivity contribution is 0.206. The molecule has 1 aliphatic rings. The SMILES string of the molecule is OCCCCCCOB1OCc2cc(F)ccc21. The average molecular weight is 252 g/mol. The van der Waals surface area contributed by atoms with Gasteiger partial charge in [-0.05, 0) is 36.0 Å². The van der Waals surface area contributed by atoms with Crippen molar-refractivity contribution in [3.63, 3.8) is 0 Å². The maximum atomic E-state index is 13.0. The van der Waals surface area contributed by atoms with Crippen LogP contribution in [0.5, 0.6) is 0 Å². The third-order valence-electron chi connectivity index (χ3n) is 3.07. The van der Waals surface area contributed by atoms with E-state index in [2.05, 4.69) is 0 Å². The minimum absolute atomic E-state index is 0.234. The molecule has 3 nitrogen and oxygen atoms in total. The molecule has 18 heavy (non-hydrogen) atoms. The molecule has 1 N–H and O–H groups in total. The van der Waals surface area contributed by atoms with Crippen LogP contribution in [0.25, 0.3) is 0 Å². The molecule has 1 aromatic carbocycles. The fourth-order valence-electron chi connectivity index (χ4n) is 2.08. The van der Waals surface area contributed by atoms with E-state index in [1.165, 1.54) is 12.1 Å². The maximum absolute atomic E-state index is 13.0. The van der Waals surface area contributed by atoms with Gasteiger partial charge in [0.1, 0.15) is 5.82 Å². The van der Waals surface area contributed by atoms with Gasteiger partial charge in [-0.15, -0.1) is 0 Å². The molecule has 98 valence electrons. The molecule has 1 aliphatic heterocycles. The van der Waals surface area contributed by atoms with Crippen LogP contribution in [0.2, 0.25) is 0 Å². The summed E-state index contributed by atoms with van der Waals surface area (Å²) in [6.45, 7) is 1.31. The summed E-state index contributed by atoms with van der Waals surface area (Å²) in [7, 11) is -0.349. The first-order valence-corrected chi connectivity index (χ1v) is 6.43. The van der Waals surface area contributed by atoms with Crippen molar-refractivity contribution in [2.75, 3.05) is 13.2 Å². The highest BCUT2D eigenvalue weighted by atomic mass is 19.1. The van der Waals surface area contributed by atoms with Crippen molar-refractivity contribution in [3.05, 3.63) is 29.6 Å². The zero-order valence-electron chi connectivity index (χ0n) is 10.4. The summed E-state index contributed by atoms with van der Waals surface area (Å²) in [5.74, 6) is -0.234. The molecule has 0 spiro atoms. The lowest BCUT2D eigenvalue weighted by atomic mass is 9.79. The molecule has 0 amide bonds. The number of aliphatic hydroxyl groups excluding tert-OH is 1. The minimum Gasteiger partial charge on any atom is -0.407 e. The van der Waals surface area contributed by atoms with Crippen molar-refractivity contribution in [1.82, 2.24) is 0 Å². The van der Waals surface area contributed by atoms with Gasteiger partial charge in [0, 0.05) is 13.2 Å². The van der Waals surface area contributed by atoms with Gasteiger partial charge >= 0.3 is 7.12 Å². The van der Waals surface area contributed by atoms with E-state index in [1.807, 2.05) is 0 Å². The molecule has 5 heteroatoms. The van der Waals surface area contributed by atoms with E-state index >= 15 is 0 Å². The Bertz CT molecular complexity index is 386. The summed E-state index contributed by atoms with van der Waals surface area (Å²) in [6.07, 6.45) is 3.87. The summed E-state index contributed by atoms with van der Waals surface area (Å²) in [5, 5.41) is 8.65. The molecule has 0 unspecified atom stereocenters. The van der Waals surface area contributed by atoms with Crippen LogP contribution in [0.1, 0.15) is 31.2 Å². The Morgan fingerprint density at radius 2 is 2.11 bits per heavy atom. The van der Waals surface area contributed by atoms with Crippen LogP contribution in [0.3, 0.4) is 0 Å². The quantitative estimate of drug-likeness (QED) is 0.592. The first-order valence-electron chi connectivity index (χ1n) is 6.43. The fourth-order valence-corrected chi connectivity index (χ4v) is 2.08. The van der Waals surface area contributed by atoms with Gasteiger partial charge in [0.05, 0.1) is 6.61 Å². The van der Waals surface area contributed by atoms with Crippen molar-refractivity contribution in [1.29, 1.82) is 0 Å². The molecule has 0 aliphatic carbocycles. The number of hydrogen-bond acceptors (Lipinski definition) is 3. The Kier molecular flexibility index (Phi) is 5.17. The number of rotatable bonds is 7. The van der Waals surface area contributed by atoms with Gasteiger partial charge < -0.3 is 14.4 Å². The topological polar surface area (TPSA) is 38.7 Å². The number of halogens is 1. The van der Waals surface area contributed by atoms with Gasteiger partial charge in [0.25, 0.3) is 0 Å². The number of fused-ring (bicyclic) bond motifs is 1. The highest BCUT2D eigenvalue weighted by molar-refractivity contribution is 6.62. The normalized spacial score (nSPS) is 14.0. The highest BCUT2D eigenvalue weighted by Crippen LogP contribution is 2.13.